The molecule has 4 heterocycles. The van der Waals surface area contributed by atoms with Gasteiger partial charge in [0.05, 0.1) is 30.8 Å². The molecule has 4 rings (SSSR count). The number of hydrogen-bond acceptors (Lipinski definition) is 10. The number of aliphatic hydroxyl groups is 2. The molecule has 10 heteroatoms. The van der Waals surface area contributed by atoms with Crippen molar-refractivity contribution in [3.8, 4) is 0 Å². The highest BCUT2D eigenvalue weighted by atomic mass is 16.7. The lowest BCUT2D eigenvalue weighted by molar-refractivity contribution is -0.283. The van der Waals surface area contributed by atoms with E-state index in [0.29, 0.717) is 19.3 Å². The van der Waals surface area contributed by atoms with E-state index in [1.807, 2.05) is 66.6 Å². The third-order valence-electron chi connectivity index (χ3n) is 11.2. The molecule has 0 aromatic heterocycles. The summed E-state index contributed by atoms with van der Waals surface area (Å²) in [6.07, 6.45) is 5.39. The summed E-state index contributed by atoms with van der Waals surface area (Å²) in [7, 11) is 3.88. The molecule has 0 saturated carbocycles. The lowest BCUT2D eigenvalue weighted by Crippen LogP contribution is -2.56. The van der Waals surface area contributed by atoms with Gasteiger partial charge in [0.15, 0.2) is 12.1 Å². The highest BCUT2D eigenvalue weighted by molar-refractivity contribution is 5.91. The topological polar surface area (TPSA) is 121 Å². The summed E-state index contributed by atoms with van der Waals surface area (Å²) in [5.41, 5.74) is -0.590. The van der Waals surface area contributed by atoms with Crippen LogP contribution in [0.1, 0.15) is 92.9 Å². The molecular formula is C36H62N2O8. The minimum atomic E-state index is -1.05. The van der Waals surface area contributed by atoms with Crippen LogP contribution in [-0.2, 0) is 28.5 Å². The maximum atomic E-state index is 13.6. The molecule has 264 valence electrons. The van der Waals surface area contributed by atoms with Crippen molar-refractivity contribution < 1.29 is 38.7 Å². The Balaban J connectivity index is 1.67. The van der Waals surface area contributed by atoms with Crippen molar-refractivity contribution in [2.24, 2.45) is 23.7 Å². The second-order valence-corrected chi connectivity index (χ2v) is 15.1. The number of hydrogen-bond donors (Lipinski definition) is 2. The fourth-order valence-corrected chi connectivity index (χ4v) is 7.96. The molecule has 0 aliphatic carbocycles. The molecule has 0 amide bonds. The highest BCUT2D eigenvalue weighted by Crippen LogP contribution is 2.45. The minimum absolute atomic E-state index is 0.0267. The predicted molar refractivity (Wildman–Crippen MR) is 176 cm³/mol. The molecule has 2 N–H and O–H groups in total. The van der Waals surface area contributed by atoms with Crippen LogP contribution in [0.3, 0.4) is 0 Å². The number of ketones is 1. The Morgan fingerprint density at radius 1 is 1.04 bits per heavy atom. The average molecular weight is 651 g/mol. The van der Waals surface area contributed by atoms with Crippen molar-refractivity contribution in [1.29, 1.82) is 0 Å². The van der Waals surface area contributed by atoms with Crippen molar-refractivity contribution in [1.82, 2.24) is 9.80 Å². The number of likely N-dealkylation sites (tertiary alicyclic amines) is 1. The maximum absolute atomic E-state index is 13.6. The van der Waals surface area contributed by atoms with E-state index in [4.69, 9.17) is 18.9 Å². The third-order valence-corrected chi connectivity index (χ3v) is 11.2. The molecule has 3 saturated heterocycles. The van der Waals surface area contributed by atoms with Gasteiger partial charge in [0.1, 0.15) is 17.8 Å². The zero-order valence-corrected chi connectivity index (χ0v) is 29.6. The number of piperidine rings is 1. The molecule has 3 fully saturated rings. The van der Waals surface area contributed by atoms with E-state index in [1.54, 1.807) is 6.08 Å². The Hall–Kier alpha value is -1.40. The van der Waals surface area contributed by atoms with Gasteiger partial charge in [0, 0.05) is 23.8 Å². The van der Waals surface area contributed by atoms with E-state index < -0.39 is 42.1 Å². The van der Waals surface area contributed by atoms with E-state index in [2.05, 4.69) is 4.90 Å². The van der Waals surface area contributed by atoms with Gasteiger partial charge < -0.3 is 39.0 Å². The van der Waals surface area contributed by atoms with E-state index in [1.165, 1.54) is 19.3 Å². The Morgan fingerprint density at radius 2 is 1.74 bits per heavy atom. The number of aliphatic hydroxyl groups excluding tert-OH is 2. The molecule has 13 atom stereocenters. The number of esters is 1. The van der Waals surface area contributed by atoms with Gasteiger partial charge in [-0.25, -0.2) is 0 Å². The second kappa shape index (κ2) is 16.3. The number of carbonyl (C=O) groups excluding carboxylic acids is 2. The summed E-state index contributed by atoms with van der Waals surface area (Å²) in [6.45, 7) is 14.7. The standard InChI is InChI=1S/C36H62N2O8/c1-9-30-25(5)34-36(6,46-34)15-13-28(39)22(2)19-26(14-18-38-16-11-10-12-17-38)33(24(4)29(40)21-31(41)44-30)45-35-32(42)27(37(7)8)20-23(3)43-35/h13,15,22-27,29-30,32-35,40,42H,9-12,14,16-21H2,1-8H3/b15-13+/t22-,23-,24+,25-,26+,27+,29?,30-,32-,33-,34+,35+,36+/m1/s1. The van der Waals surface area contributed by atoms with Crippen molar-refractivity contribution in [3.05, 3.63) is 12.2 Å². The highest BCUT2D eigenvalue weighted by Gasteiger charge is 2.55. The SMILES string of the molecule is CC[C@H]1OC(=O)CC(O)[C@H](C)[C@@H](O[C@@H]2O[C@H](C)C[C@H](N(C)C)[C@H]2O)[C@@H](CCN2CCCCC2)C[C@@H](C)C(=O)/C=C/[C@]2(C)O[C@H]2[C@@H]1C. The van der Waals surface area contributed by atoms with Gasteiger partial charge in [-0.1, -0.05) is 34.1 Å². The molecule has 1 unspecified atom stereocenters. The summed E-state index contributed by atoms with van der Waals surface area (Å²) < 4.78 is 25.0. The van der Waals surface area contributed by atoms with Crippen molar-refractivity contribution in [2.45, 2.75) is 147 Å². The van der Waals surface area contributed by atoms with E-state index >= 15 is 0 Å². The number of likely N-dealkylation sites (N-methyl/N-ethyl adjacent to an activating group) is 1. The quantitative estimate of drug-likeness (QED) is 0.310. The van der Waals surface area contributed by atoms with Gasteiger partial charge in [-0.3, -0.25) is 9.59 Å². The van der Waals surface area contributed by atoms with Gasteiger partial charge in [0.2, 0.25) is 0 Å². The summed E-state index contributed by atoms with van der Waals surface area (Å²) in [5, 5.41) is 23.0. The normalized spacial score (nSPS) is 44.4. The van der Waals surface area contributed by atoms with Gasteiger partial charge >= 0.3 is 5.97 Å². The Morgan fingerprint density at radius 3 is 2.39 bits per heavy atom. The van der Waals surface area contributed by atoms with E-state index in [0.717, 1.165) is 26.1 Å². The summed E-state index contributed by atoms with van der Waals surface area (Å²) in [4.78, 5) is 31.3. The maximum Gasteiger partial charge on any atom is 0.308 e. The van der Waals surface area contributed by atoms with Crippen molar-refractivity contribution in [2.75, 3.05) is 33.7 Å². The van der Waals surface area contributed by atoms with Gasteiger partial charge in [-0.05, 0) is 104 Å². The van der Waals surface area contributed by atoms with Crippen molar-refractivity contribution in [3.63, 3.8) is 0 Å². The minimum Gasteiger partial charge on any atom is -0.462 e. The van der Waals surface area contributed by atoms with Crippen LogP contribution in [0.25, 0.3) is 0 Å². The van der Waals surface area contributed by atoms with Crippen LogP contribution >= 0.6 is 0 Å². The van der Waals surface area contributed by atoms with Crippen LogP contribution in [0.15, 0.2) is 12.2 Å². The van der Waals surface area contributed by atoms with Crippen LogP contribution in [0.5, 0.6) is 0 Å². The first-order valence-electron chi connectivity index (χ1n) is 17.9. The summed E-state index contributed by atoms with van der Waals surface area (Å²) in [5.74, 6) is -1.45. The Labute approximate surface area is 277 Å². The number of carbonyl (C=O) groups is 2. The fraction of sp³-hybridized carbons (Fsp3) is 0.889. The Kier molecular flexibility index (Phi) is 13.3. The van der Waals surface area contributed by atoms with Crippen LogP contribution < -0.4 is 0 Å². The van der Waals surface area contributed by atoms with Crippen molar-refractivity contribution >= 4 is 11.8 Å². The number of allylic oxidation sites excluding steroid dienone is 1. The largest absolute Gasteiger partial charge is 0.462 e. The van der Waals surface area contributed by atoms with Gasteiger partial charge in [-0.2, -0.15) is 0 Å². The first kappa shape index (κ1) is 37.4. The number of nitrogens with zero attached hydrogens (tertiary/aromatic N) is 2. The monoisotopic (exact) mass is 650 g/mol. The van der Waals surface area contributed by atoms with Gasteiger partial charge in [-0.15, -0.1) is 0 Å². The number of ether oxygens (including phenoxy) is 4. The Bertz CT molecular complexity index is 1030. The molecule has 0 spiro atoms. The lowest BCUT2D eigenvalue weighted by Gasteiger charge is -2.45. The molecule has 10 nitrogen and oxygen atoms in total. The molecule has 4 aliphatic rings. The number of rotatable bonds is 7. The van der Waals surface area contributed by atoms with Gasteiger partial charge in [0.25, 0.3) is 0 Å². The molecule has 0 radical (unpaired) electrons. The zero-order valence-electron chi connectivity index (χ0n) is 29.6. The molecule has 0 bridgehead atoms. The van der Waals surface area contributed by atoms with E-state index in [9.17, 15) is 19.8 Å². The zero-order chi connectivity index (χ0) is 33.8. The first-order valence-corrected chi connectivity index (χ1v) is 17.9. The molecule has 0 aromatic carbocycles. The first-order chi connectivity index (χ1) is 21.7. The molecule has 0 aromatic rings. The lowest BCUT2D eigenvalue weighted by atomic mass is 9.79. The van der Waals surface area contributed by atoms with E-state index in [-0.39, 0.29) is 54.3 Å². The molecule has 4 aliphatic heterocycles. The predicted octanol–water partition coefficient (Wildman–Crippen LogP) is 3.96. The fourth-order valence-electron chi connectivity index (χ4n) is 7.96. The van der Waals surface area contributed by atoms with Crippen LogP contribution in [0, 0.1) is 23.7 Å². The number of cyclic esters (lactones) is 1. The average Bonchev–Trinajstić information content (AvgIpc) is 3.71. The van der Waals surface area contributed by atoms with Crippen LogP contribution in [0.4, 0.5) is 0 Å². The summed E-state index contributed by atoms with van der Waals surface area (Å²) in [6, 6.07) is -0.157. The smallest absolute Gasteiger partial charge is 0.308 e. The summed E-state index contributed by atoms with van der Waals surface area (Å²) >= 11 is 0. The van der Waals surface area contributed by atoms with Crippen LogP contribution in [-0.4, -0.2) is 120 Å². The second-order valence-electron chi connectivity index (χ2n) is 15.1. The van der Waals surface area contributed by atoms with Crippen LogP contribution in [0.2, 0.25) is 0 Å². The molecule has 46 heavy (non-hydrogen) atoms. The third kappa shape index (κ3) is 9.39. The molecular weight excluding hydrogens is 588 g/mol. The number of epoxide rings is 1. The number of fused-ring (bicyclic) bond motifs is 1.